The molecule has 0 saturated heterocycles. The van der Waals surface area contributed by atoms with E-state index in [0.29, 0.717) is 16.5 Å². The van der Waals surface area contributed by atoms with Crippen molar-refractivity contribution in [2.45, 2.75) is 86.6 Å². The first-order valence-electron chi connectivity index (χ1n) is 11.2. The molecule has 32 heavy (non-hydrogen) atoms. The third kappa shape index (κ3) is 4.30. The summed E-state index contributed by atoms with van der Waals surface area (Å²) < 4.78 is 1.55. The molecule has 170 valence electrons. The summed E-state index contributed by atoms with van der Waals surface area (Å²) in [4.78, 5) is 61.6. The molecule has 0 aromatic carbocycles. The molecule has 3 aliphatic carbocycles. The second-order valence-electron chi connectivity index (χ2n) is 8.92. The van der Waals surface area contributed by atoms with Crippen molar-refractivity contribution in [1.29, 1.82) is 0 Å². The zero-order chi connectivity index (χ0) is 22.4. The van der Waals surface area contributed by atoms with Crippen LogP contribution < -0.4 is 21.9 Å². The van der Waals surface area contributed by atoms with Gasteiger partial charge in [0, 0.05) is 18.0 Å². The monoisotopic (exact) mass is 458 g/mol. The quantitative estimate of drug-likeness (QED) is 0.444. The van der Waals surface area contributed by atoms with Crippen molar-refractivity contribution in [1.82, 2.24) is 30.2 Å². The van der Waals surface area contributed by atoms with Gasteiger partial charge in [-0.05, 0) is 45.4 Å². The molecule has 3 N–H and O–H groups in total. The molecule has 0 bridgehead atoms. The van der Waals surface area contributed by atoms with Gasteiger partial charge in [-0.2, -0.15) is 0 Å². The van der Waals surface area contributed by atoms with Gasteiger partial charge in [0.25, 0.3) is 5.56 Å². The number of thioether (sulfide) groups is 1. The Hall–Kier alpha value is -2.69. The van der Waals surface area contributed by atoms with E-state index in [1.54, 1.807) is 11.5 Å². The fraction of sp³-hybridized carbons (Fsp3) is 0.619. The van der Waals surface area contributed by atoms with E-state index in [1.165, 1.54) is 0 Å². The number of urea groups is 1. The highest BCUT2D eigenvalue weighted by atomic mass is 32.2. The third-order valence-corrected chi connectivity index (χ3v) is 7.29. The lowest BCUT2D eigenvalue weighted by Crippen LogP contribution is -2.46. The fourth-order valence-electron chi connectivity index (χ4n) is 4.14. The van der Waals surface area contributed by atoms with Crippen LogP contribution in [0.4, 0.5) is 4.79 Å². The number of hydrogen-bond donors (Lipinski definition) is 3. The Morgan fingerprint density at radius 2 is 1.81 bits per heavy atom. The minimum Gasteiger partial charge on any atom is -0.335 e. The van der Waals surface area contributed by atoms with Crippen molar-refractivity contribution in [3.8, 4) is 0 Å². The molecule has 2 aromatic heterocycles. The molecule has 5 rings (SSSR count). The van der Waals surface area contributed by atoms with Crippen LogP contribution in [0.15, 0.2) is 14.6 Å². The maximum atomic E-state index is 12.7. The fourth-order valence-corrected chi connectivity index (χ4v) is 5.09. The Labute approximate surface area is 188 Å². The molecular formula is C21H26N6O4S. The van der Waals surface area contributed by atoms with E-state index in [1.807, 2.05) is 0 Å². The number of aromatic amines is 1. The van der Waals surface area contributed by atoms with Crippen LogP contribution in [0.25, 0.3) is 11.0 Å². The number of carbonyl (C=O) groups is 2. The van der Waals surface area contributed by atoms with E-state index in [2.05, 4.69) is 25.6 Å². The molecule has 2 aromatic rings. The lowest BCUT2D eigenvalue weighted by atomic mass is 10.2. The normalized spacial score (nSPS) is 19.8. The molecule has 3 saturated carbocycles. The van der Waals surface area contributed by atoms with E-state index in [0.717, 1.165) is 63.1 Å². The van der Waals surface area contributed by atoms with Crippen LogP contribution >= 0.6 is 11.8 Å². The molecule has 11 heteroatoms. The number of aromatic nitrogens is 4. The molecular weight excluding hydrogens is 432 g/mol. The first kappa shape index (κ1) is 21.2. The summed E-state index contributed by atoms with van der Waals surface area (Å²) in [7, 11) is 0. The number of H-pyrrole nitrogens is 1. The predicted molar refractivity (Wildman–Crippen MR) is 119 cm³/mol. The van der Waals surface area contributed by atoms with Gasteiger partial charge in [-0.25, -0.2) is 19.6 Å². The molecule has 3 aliphatic rings. The summed E-state index contributed by atoms with van der Waals surface area (Å²) >= 11 is 1.11. The first-order chi connectivity index (χ1) is 15.4. The van der Waals surface area contributed by atoms with Crippen LogP contribution in [-0.2, 0) is 4.79 Å². The Kier molecular flexibility index (Phi) is 5.52. The van der Waals surface area contributed by atoms with E-state index < -0.39 is 28.4 Å². The average Bonchev–Trinajstić information content (AvgIpc) is 3.67. The Morgan fingerprint density at radius 1 is 1.09 bits per heavy atom. The van der Waals surface area contributed by atoms with Crippen LogP contribution in [0.1, 0.15) is 76.1 Å². The highest BCUT2D eigenvalue weighted by molar-refractivity contribution is 8.00. The average molecular weight is 459 g/mol. The number of carbonyl (C=O) groups excluding carboxylic acids is 2. The molecule has 0 spiro atoms. The van der Waals surface area contributed by atoms with Gasteiger partial charge in [0.1, 0.15) is 16.2 Å². The zero-order valence-electron chi connectivity index (χ0n) is 17.8. The molecule has 2 heterocycles. The molecule has 3 amide bonds. The van der Waals surface area contributed by atoms with Gasteiger partial charge in [-0.3, -0.25) is 24.5 Å². The van der Waals surface area contributed by atoms with Gasteiger partial charge in [-0.1, -0.05) is 24.6 Å². The molecule has 1 unspecified atom stereocenters. The third-order valence-electron chi connectivity index (χ3n) is 6.21. The van der Waals surface area contributed by atoms with Crippen molar-refractivity contribution in [3.05, 3.63) is 26.7 Å². The summed E-state index contributed by atoms with van der Waals surface area (Å²) in [6.45, 7) is 1.67. The smallest absolute Gasteiger partial charge is 0.330 e. The number of amides is 3. The van der Waals surface area contributed by atoms with Crippen molar-refractivity contribution < 1.29 is 9.59 Å². The molecule has 10 nitrogen and oxygen atoms in total. The second kappa shape index (κ2) is 8.34. The number of nitrogens with one attached hydrogen (secondary N) is 3. The van der Waals surface area contributed by atoms with Gasteiger partial charge in [0.05, 0.1) is 5.25 Å². The zero-order valence-corrected chi connectivity index (χ0v) is 18.7. The van der Waals surface area contributed by atoms with Crippen LogP contribution in [0.3, 0.4) is 0 Å². The number of rotatable bonds is 6. The first-order valence-corrected chi connectivity index (χ1v) is 12.1. The van der Waals surface area contributed by atoms with Gasteiger partial charge < -0.3 is 5.32 Å². The minimum absolute atomic E-state index is 0.0293. The van der Waals surface area contributed by atoms with Crippen molar-refractivity contribution in [3.63, 3.8) is 0 Å². The maximum Gasteiger partial charge on any atom is 0.330 e. The van der Waals surface area contributed by atoms with Gasteiger partial charge in [0.15, 0.2) is 5.65 Å². The summed E-state index contributed by atoms with van der Waals surface area (Å²) in [5.74, 6) is 0.352. The lowest BCUT2D eigenvalue weighted by Gasteiger charge is -2.16. The maximum absolute atomic E-state index is 12.7. The summed E-state index contributed by atoms with van der Waals surface area (Å²) in [5, 5.41) is 5.15. The number of imide groups is 1. The topological polar surface area (TPSA) is 139 Å². The summed E-state index contributed by atoms with van der Waals surface area (Å²) in [6.07, 6.45) is 7.66. The standard InChI is InChI=1S/C21H26N6O4S/c1-10(17(28)25-20(30)22-12-4-2-3-5-12)32-19-14-16(23-15(24-19)11-6-7-11)27(13-8-9-13)21(31)26-18(14)29/h10-13H,2-9H2,1H3,(H,26,29,31)(H2,22,25,28,30). The lowest BCUT2D eigenvalue weighted by molar-refractivity contribution is -0.119. The molecule has 0 radical (unpaired) electrons. The second-order valence-corrected chi connectivity index (χ2v) is 10.3. The van der Waals surface area contributed by atoms with Gasteiger partial charge >= 0.3 is 11.7 Å². The van der Waals surface area contributed by atoms with Gasteiger partial charge in [0.2, 0.25) is 5.91 Å². The molecule has 0 aliphatic heterocycles. The van der Waals surface area contributed by atoms with E-state index in [4.69, 9.17) is 0 Å². The summed E-state index contributed by atoms with van der Waals surface area (Å²) in [5.41, 5.74) is -0.679. The largest absolute Gasteiger partial charge is 0.335 e. The molecule has 1 atom stereocenters. The number of nitrogens with zero attached hydrogens (tertiary/aromatic N) is 3. The van der Waals surface area contributed by atoms with E-state index in [9.17, 15) is 19.2 Å². The van der Waals surface area contributed by atoms with Gasteiger partial charge in [-0.15, -0.1) is 0 Å². The summed E-state index contributed by atoms with van der Waals surface area (Å²) in [6, 6.07) is -0.363. The predicted octanol–water partition coefficient (Wildman–Crippen LogP) is 1.94. The minimum atomic E-state index is -0.671. The van der Waals surface area contributed by atoms with Crippen LogP contribution in [-0.4, -0.2) is 42.7 Å². The highest BCUT2D eigenvalue weighted by Gasteiger charge is 2.33. The number of hydrogen-bond acceptors (Lipinski definition) is 7. The highest BCUT2D eigenvalue weighted by Crippen LogP contribution is 2.41. The number of fused-ring (bicyclic) bond motifs is 1. The van der Waals surface area contributed by atoms with Crippen LogP contribution in [0.5, 0.6) is 0 Å². The van der Waals surface area contributed by atoms with Crippen molar-refractivity contribution in [2.24, 2.45) is 0 Å². The van der Waals surface area contributed by atoms with Crippen molar-refractivity contribution >= 4 is 34.7 Å². The van der Waals surface area contributed by atoms with E-state index in [-0.39, 0.29) is 23.4 Å². The Bertz CT molecular complexity index is 1190. The van der Waals surface area contributed by atoms with Crippen LogP contribution in [0.2, 0.25) is 0 Å². The SMILES string of the molecule is CC(Sc1nc(C2CC2)nc2c1c(=O)[nH]c(=O)n2C1CC1)C(=O)NC(=O)NC1CCCC1. The Balaban J connectivity index is 1.42. The van der Waals surface area contributed by atoms with Crippen molar-refractivity contribution in [2.75, 3.05) is 0 Å². The molecule has 3 fully saturated rings. The van der Waals surface area contributed by atoms with E-state index >= 15 is 0 Å². The van der Waals surface area contributed by atoms with Crippen LogP contribution in [0, 0.1) is 0 Å². The Morgan fingerprint density at radius 3 is 2.47 bits per heavy atom.